The van der Waals surface area contributed by atoms with Gasteiger partial charge in [0, 0.05) is 11.3 Å². The molecule has 0 rings (SSSR count). The van der Waals surface area contributed by atoms with Crippen LogP contribution in [0.3, 0.4) is 0 Å². The molecule has 0 aromatic carbocycles. The van der Waals surface area contributed by atoms with Gasteiger partial charge >= 0.3 is 0 Å². The molecular formula is C8H19O2P. The first-order valence-electron chi connectivity index (χ1n) is 4.19. The van der Waals surface area contributed by atoms with Gasteiger partial charge in [0.15, 0.2) is 0 Å². The Morgan fingerprint density at radius 2 is 1.55 bits per heavy atom. The summed E-state index contributed by atoms with van der Waals surface area (Å²) in [5, 5.41) is 0. The van der Waals surface area contributed by atoms with Gasteiger partial charge in [0.2, 0.25) is 7.37 Å². The predicted molar refractivity (Wildman–Crippen MR) is 49.5 cm³/mol. The Balaban J connectivity index is 4.40. The molecule has 3 heteroatoms. The molecule has 0 atom stereocenters. The molecule has 0 aliphatic rings. The molecule has 0 spiro atoms. The summed E-state index contributed by atoms with van der Waals surface area (Å²) in [6.45, 7) is 10.3. The van der Waals surface area contributed by atoms with Gasteiger partial charge in [-0.05, 0) is 6.92 Å². The zero-order valence-electron chi connectivity index (χ0n) is 8.13. The average molecular weight is 178 g/mol. The van der Waals surface area contributed by atoms with Crippen LogP contribution in [0.25, 0.3) is 0 Å². The van der Waals surface area contributed by atoms with Crippen molar-refractivity contribution >= 4 is 7.37 Å². The summed E-state index contributed by atoms with van der Waals surface area (Å²) in [4.78, 5) is 0. The van der Waals surface area contributed by atoms with E-state index in [9.17, 15) is 4.57 Å². The molecule has 0 heterocycles. The van der Waals surface area contributed by atoms with E-state index >= 15 is 0 Å². The van der Waals surface area contributed by atoms with Crippen molar-refractivity contribution in [3.63, 3.8) is 0 Å². The van der Waals surface area contributed by atoms with Crippen LogP contribution >= 0.6 is 7.37 Å². The van der Waals surface area contributed by atoms with Crippen molar-refractivity contribution in [3.05, 3.63) is 0 Å². The molecule has 0 unspecified atom stereocenters. The van der Waals surface area contributed by atoms with Crippen molar-refractivity contribution in [1.29, 1.82) is 0 Å². The van der Waals surface area contributed by atoms with Crippen LogP contribution in [-0.2, 0) is 9.09 Å². The average Bonchev–Trinajstić information content (AvgIpc) is 1.87. The highest BCUT2D eigenvalue weighted by atomic mass is 31.2. The van der Waals surface area contributed by atoms with Crippen molar-refractivity contribution in [2.24, 2.45) is 0 Å². The molecular weight excluding hydrogens is 159 g/mol. The summed E-state index contributed by atoms with van der Waals surface area (Å²) in [5.74, 6) is 0. The summed E-state index contributed by atoms with van der Waals surface area (Å²) in [5.41, 5.74) is 0.282. The van der Waals surface area contributed by atoms with Gasteiger partial charge in [0.05, 0.1) is 6.61 Å². The van der Waals surface area contributed by atoms with Gasteiger partial charge in [0.1, 0.15) is 0 Å². The smallest absolute Gasteiger partial charge is 0.208 e. The quantitative estimate of drug-likeness (QED) is 0.618. The van der Waals surface area contributed by atoms with Gasteiger partial charge in [-0.1, -0.05) is 27.7 Å². The van der Waals surface area contributed by atoms with E-state index in [4.69, 9.17) is 4.52 Å². The highest BCUT2D eigenvalue weighted by molar-refractivity contribution is 7.60. The lowest BCUT2D eigenvalue weighted by atomic mass is 10.5. The third kappa shape index (κ3) is 2.61. The Labute approximate surface area is 69.8 Å². The van der Waals surface area contributed by atoms with Crippen molar-refractivity contribution in [2.45, 2.75) is 45.9 Å². The van der Waals surface area contributed by atoms with Crippen molar-refractivity contribution in [3.8, 4) is 0 Å². The molecule has 0 aliphatic heterocycles. The minimum Gasteiger partial charge on any atom is -0.328 e. The molecule has 0 aliphatic carbocycles. The summed E-state index contributed by atoms with van der Waals surface area (Å²) in [6.07, 6.45) is 0. The maximum atomic E-state index is 12.0. The van der Waals surface area contributed by atoms with E-state index in [0.717, 1.165) is 0 Å². The Bertz CT molecular complexity index is 140. The van der Waals surface area contributed by atoms with Crippen LogP contribution in [0.5, 0.6) is 0 Å². The maximum absolute atomic E-state index is 12.0. The standard InChI is InChI=1S/C8H19O2P/c1-6-10-11(9,7(2)3)8(4)5/h7-8H,6H2,1-5H3. The molecule has 0 radical (unpaired) electrons. The van der Waals surface area contributed by atoms with Gasteiger partial charge in [-0.15, -0.1) is 0 Å². The first-order chi connectivity index (χ1) is 4.95. The van der Waals surface area contributed by atoms with E-state index in [1.54, 1.807) is 0 Å². The fraction of sp³-hybridized carbons (Fsp3) is 1.00. The van der Waals surface area contributed by atoms with Crippen molar-refractivity contribution in [1.82, 2.24) is 0 Å². The topological polar surface area (TPSA) is 26.3 Å². The van der Waals surface area contributed by atoms with Gasteiger partial charge in [-0.25, -0.2) is 0 Å². The lowest BCUT2D eigenvalue weighted by Crippen LogP contribution is -2.10. The molecule has 68 valence electrons. The van der Waals surface area contributed by atoms with E-state index in [1.165, 1.54) is 0 Å². The van der Waals surface area contributed by atoms with Crippen LogP contribution in [0.1, 0.15) is 34.6 Å². The van der Waals surface area contributed by atoms with Crippen LogP contribution in [0.2, 0.25) is 0 Å². The van der Waals surface area contributed by atoms with Gasteiger partial charge in [-0.3, -0.25) is 4.57 Å². The highest BCUT2D eigenvalue weighted by Gasteiger charge is 2.30. The molecule has 0 bridgehead atoms. The molecule has 2 nitrogen and oxygen atoms in total. The largest absolute Gasteiger partial charge is 0.328 e. The monoisotopic (exact) mass is 178 g/mol. The van der Waals surface area contributed by atoms with Crippen LogP contribution in [0, 0.1) is 0 Å². The second-order valence-electron chi connectivity index (χ2n) is 3.25. The van der Waals surface area contributed by atoms with Crippen LogP contribution < -0.4 is 0 Å². The van der Waals surface area contributed by atoms with E-state index in [1.807, 2.05) is 34.6 Å². The Hall–Kier alpha value is 0.190. The maximum Gasteiger partial charge on any atom is 0.208 e. The predicted octanol–water partition coefficient (Wildman–Crippen LogP) is 3.12. The van der Waals surface area contributed by atoms with Crippen LogP contribution in [0.4, 0.5) is 0 Å². The van der Waals surface area contributed by atoms with Crippen LogP contribution in [0.15, 0.2) is 0 Å². The van der Waals surface area contributed by atoms with E-state index in [0.29, 0.717) is 6.61 Å². The normalized spacial score (nSPS) is 13.0. The number of rotatable bonds is 4. The summed E-state index contributed by atoms with van der Waals surface area (Å²) >= 11 is 0. The highest BCUT2D eigenvalue weighted by Crippen LogP contribution is 2.55. The second kappa shape index (κ2) is 4.27. The molecule has 0 saturated heterocycles. The lowest BCUT2D eigenvalue weighted by molar-refractivity contribution is 0.322. The van der Waals surface area contributed by atoms with E-state index < -0.39 is 7.37 Å². The van der Waals surface area contributed by atoms with Gasteiger partial charge in [0.25, 0.3) is 0 Å². The summed E-state index contributed by atoms with van der Waals surface area (Å²) in [7, 11) is -2.36. The van der Waals surface area contributed by atoms with E-state index in [-0.39, 0.29) is 11.3 Å². The number of hydrogen-bond donors (Lipinski definition) is 0. The third-order valence-corrected chi connectivity index (χ3v) is 5.31. The molecule has 0 amide bonds. The molecule has 0 fully saturated rings. The number of hydrogen-bond acceptors (Lipinski definition) is 2. The van der Waals surface area contributed by atoms with Gasteiger partial charge < -0.3 is 4.52 Å². The summed E-state index contributed by atoms with van der Waals surface area (Å²) < 4.78 is 17.3. The molecule has 0 aromatic heterocycles. The van der Waals surface area contributed by atoms with Crippen molar-refractivity contribution < 1.29 is 9.09 Å². The fourth-order valence-corrected chi connectivity index (χ4v) is 3.29. The molecule has 11 heavy (non-hydrogen) atoms. The fourth-order valence-electron chi connectivity index (χ4n) is 1.10. The first-order valence-corrected chi connectivity index (χ1v) is 5.95. The minimum atomic E-state index is -2.36. The van der Waals surface area contributed by atoms with Crippen molar-refractivity contribution in [2.75, 3.05) is 6.61 Å². The SMILES string of the molecule is CCOP(=O)(C(C)C)C(C)C. The molecule has 0 aromatic rings. The first kappa shape index (κ1) is 11.2. The van der Waals surface area contributed by atoms with E-state index in [2.05, 4.69) is 0 Å². The minimum absolute atomic E-state index is 0.141. The Morgan fingerprint density at radius 1 is 1.18 bits per heavy atom. The molecule has 0 N–H and O–H groups in total. The molecule has 0 saturated carbocycles. The Morgan fingerprint density at radius 3 is 1.64 bits per heavy atom. The lowest BCUT2D eigenvalue weighted by Gasteiger charge is -2.24. The second-order valence-corrected chi connectivity index (χ2v) is 6.86. The zero-order valence-corrected chi connectivity index (χ0v) is 9.02. The summed E-state index contributed by atoms with van der Waals surface area (Å²) in [6, 6.07) is 0. The Kier molecular flexibility index (Phi) is 4.35. The zero-order chi connectivity index (χ0) is 9.07. The van der Waals surface area contributed by atoms with Gasteiger partial charge in [-0.2, -0.15) is 0 Å². The van der Waals surface area contributed by atoms with Crippen LogP contribution in [-0.4, -0.2) is 17.9 Å². The third-order valence-electron chi connectivity index (χ3n) is 1.77.